The Bertz CT molecular complexity index is 653. The molecule has 1 aromatic heterocycles. The monoisotopic (exact) mass is 327 g/mol. The third kappa shape index (κ3) is 4.68. The van der Waals surface area contributed by atoms with Gasteiger partial charge in [-0.2, -0.15) is 0 Å². The van der Waals surface area contributed by atoms with E-state index in [1.165, 1.54) is 6.33 Å². The lowest BCUT2D eigenvalue weighted by molar-refractivity contribution is 0.102. The number of hydrogen-bond acceptors (Lipinski definition) is 5. The summed E-state index contributed by atoms with van der Waals surface area (Å²) < 4.78 is 0. The first-order valence-corrected chi connectivity index (χ1v) is 8.40. The maximum atomic E-state index is 12.3. The predicted octanol–water partition coefficient (Wildman–Crippen LogP) is 3.40. The molecule has 0 radical (unpaired) electrons. The van der Waals surface area contributed by atoms with Crippen LogP contribution in [0.2, 0.25) is 0 Å². The van der Waals surface area contributed by atoms with Crippen LogP contribution in [0, 0.1) is 0 Å². The summed E-state index contributed by atoms with van der Waals surface area (Å²) in [5.41, 5.74) is 2.24. The van der Waals surface area contributed by atoms with E-state index in [0.29, 0.717) is 11.5 Å². The maximum Gasteiger partial charge on any atom is 0.274 e. The van der Waals surface area contributed by atoms with Crippen LogP contribution < -0.4 is 15.5 Å². The molecule has 0 aliphatic heterocycles. The average Bonchev–Trinajstić information content (AvgIpc) is 2.62. The Hall–Kier alpha value is -2.63. The molecular weight excluding hydrogens is 302 g/mol. The van der Waals surface area contributed by atoms with Gasteiger partial charge in [0.15, 0.2) is 0 Å². The minimum atomic E-state index is -0.243. The highest BCUT2D eigenvalue weighted by Crippen LogP contribution is 2.18. The molecule has 128 valence electrons. The molecule has 0 saturated carbocycles. The van der Waals surface area contributed by atoms with Crippen molar-refractivity contribution >= 4 is 23.1 Å². The van der Waals surface area contributed by atoms with E-state index in [2.05, 4.69) is 46.3 Å². The second-order valence-corrected chi connectivity index (χ2v) is 5.39. The Kier molecular flexibility index (Phi) is 6.54. The minimum absolute atomic E-state index is 0.243. The van der Waals surface area contributed by atoms with Gasteiger partial charge in [-0.1, -0.05) is 6.92 Å². The van der Waals surface area contributed by atoms with Gasteiger partial charge in [-0.05, 0) is 44.5 Å². The van der Waals surface area contributed by atoms with Crippen LogP contribution in [0.1, 0.15) is 37.7 Å². The fraction of sp³-hybridized carbons (Fsp3) is 0.389. The topological polar surface area (TPSA) is 70.2 Å². The summed E-state index contributed by atoms with van der Waals surface area (Å²) in [6.45, 7) is 9.04. The fourth-order valence-corrected chi connectivity index (χ4v) is 2.37. The largest absolute Gasteiger partial charge is 0.372 e. The molecule has 0 saturated heterocycles. The Morgan fingerprint density at radius 2 is 1.79 bits per heavy atom. The van der Waals surface area contributed by atoms with Gasteiger partial charge in [0.1, 0.15) is 17.8 Å². The molecule has 1 heterocycles. The van der Waals surface area contributed by atoms with Crippen LogP contribution in [-0.2, 0) is 0 Å². The number of nitrogens with zero attached hydrogens (tertiary/aromatic N) is 3. The lowest BCUT2D eigenvalue weighted by Gasteiger charge is -2.21. The molecule has 0 aliphatic carbocycles. The number of hydrogen-bond donors (Lipinski definition) is 2. The van der Waals surface area contributed by atoms with Gasteiger partial charge >= 0.3 is 0 Å². The van der Waals surface area contributed by atoms with Gasteiger partial charge in [0, 0.05) is 37.1 Å². The normalized spacial score (nSPS) is 10.3. The van der Waals surface area contributed by atoms with E-state index in [-0.39, 0.29) is 5.91 Å². The van der Waals surface area contributed by atoms with Crippen molar-refractivity contribution in [3.8, 4) is 0 Å². The summed E-state index contributed by atoms with van der Waals surface area (Å²) in [5.74, 6) is 0.418. The first-order chi connectivity index (χ1) is 11.7. The van der Waals surface area contributed by atoms with Gasteiger partial charge in [0.2, 0.25) is 0 Å². The first-order valence-electron chi connectivity index (χ1n) is 8.40. The molecule has 1 aromatic carbocycles. The summed E-state index contributed by atoms with van der Waals surface area (Å²) in [6.07, 6.45) is 2.39. The van der Waals surface area contributed by atoms with E-state index in [0.717, 1.165) is 37.4 Å². The summed E-state index contributed by atoms with van der Waals surface area (Å²) in [5, 5.41) is 6.02. The number of amides is 1. The van der Waals surface area contributed by atoms with E-state index in [4.69, 9.17) is 0 Å². The zero-order valence-corrected chi connectivity index (χ0v) is 14.5. The summed E-state index contributed by atoms with van der Waals surface area (Å²) in [6, 6.07) is 9.49. The molecular formula is C18H25N5O. The molecule has 6 nitrogen and oxygen atoms in total. The lowest BCUT2D eigenvalue weighted by Crippen LogP contribution is -2.21. The third-order valence-corrected chi connectivity index (χ3v) is 3.71. The molecule has 0 unspecified atom stereocenters. The molecule has 2 rings (SSSR count). The Labute approximate surface area is 143 Å². The molecule has 1 amide bonds. The van der Waals surface area contributed by atoms with Gasteiger partial charge in [0.05, 0.1) is 0 Å². The van der Waals surface area contributed by atoms with E-state index in [9.17, 15) is 4.79 Å². The summed E-state index contributed by atoms with van der Waals surface area (Å²) in [7, 11) is 0. The number of rotatable bonds is 8. The Morgan fingerprint density at radius 3 is 2.42 bits per heavy atom. The fourth-order valence-electron chi connectivity index (χ4n) is 2.37. The first kappa shape index (κ1) is 17.7. The molecule has 0 spiro atoms. The molecule has 24 heavy (non-hydrogen) atoms. The van der Waals surface area contributed by atoms with Crippen LogP contribution in [0.5, 0.6) is 0 Å². The van der Waals surface area contributed by atoms with Gasteiger partial charge in [-0.25, -0.2) is 9.97 Å². The number of carbonyl (C=O) groups excluding carboxylic acids is 1. The number of nitrogens with one attached hydrogen (secondary N) is 2. The van der Waals surface area contributed by atoms with Crippen molar-refractivity contribution in [3.63, 3.8) is 0 Å². The van der Waals surface area contributed by atoms with Crippen molar-refractivity contribution in [2.45, 2.75) is 27.2 Å². The van der Waals surface area contributed by atoms with Gasteiger partial charge in [0.25, 0.3) is 5.91 Å². The van der Waals surface area contributed by atoms with Crippen molar-refractivity contribution in [1.82, 2.24) is 9.97 Å². The summed E-state index contributed by atoms with van der Waals surface area (Å²) in [4.78, 5) is 22.7. The zero-order valence-electron chi connectivity index (χ0n) is 14.5. The number of aromatic nitrogens is 2. The Morgan fingerprint density at radius 1 is 1.08 bits per heavy atom. The van der Waals surface area contributed by atoms with Crippen LogP contribution in [-0.4, -0.2) is 35.5 Å². The van der Waals surface area contributed by atoms with Crippen molar-refractivity contribution in [2.24, 2.45) is 0 Å². The molecule has 2 aromatic rings. The summed E-state index contributed by atoms with van der Waals surface area (Å²) >= 11 is 0. The van der Waals surface area contributed by atoms with Crippen molar-refractivity contribution in [2.75, 3.05) is 35.2 Å². The highest BCUT2D eigenvalue weighted by Gasteiger charge is 2.09. The number of anilines is 3. The highest BCUT2D eigenvalue weighted by molar-refractivity contribution is 6.03. The van der Waals surface area contributed by atoms with Crippen LogP contribution in [0.3, 0.4) is 0 Å². The number of carbonyl (C=O) groups is 1. The predicted molar refractivity (Wildman–Crippen MR) is 98.8 cm³/mol. The van der Waals surface area contributed by atoms with Crippen molar-refractivity contribution in [3.05, 3.63) is 42.4 Å². The van der Waals surface area contributed by atoms with Crippen LogP contribution in [0.4, 0.5) is 17.2 Å². The van der Waals surface area contributed by atoms with E-state index in [1.807, 2.05) is 24.3 Å². The van der Waals surface area contributed by atoms with E-state index in [1.54, 1.807) is 6.07 Å². The zero-order chi connectivity index (χ0) is 17.4. The van der Waals surface area contributed by atoms with Crippen LogP contribution >= 0.6 is 0 Å². The van der Waals surface area contributed by atoms with Crippen LogP contribution in [0.15, 0.2) is 36.7 Å². The van der Waals surface area contributed by atoms with Crippen LogP contribution in [0.25, 0.3) is 0 Å². The average molecular weight is 327 g/mol. The smallest absolute Gasteiger partial charge is 0.274 e. The molecule has 2 N–H and O–H groups in total. The molecule has 0 fully saturated rings. The SMILES string of the molecule is CCCNc1cc(C(=O)Nc2ccc(N(CC)CC)cc2)ncn1. The van der Waals surface area contributed by atoms with Crippen molar-refractivity contribution < 1.29 is 4.79 Å². The number of benzene rings is 1. The molecule has 0 atom stereocenters. The van der Waals surface area contributed by atoms with Gasteiger partial charge in [-0.15, -0.1) is 0 Å². The molecule has 0 bridgehead atoms. The van der Waals surface area contributed by atoms with E-state index < -0.39 is 0 Å². The second-order valence-electron chi connectivity index (χ2n) is 5.39. The standard InChI is InChI=1S/C18H25N5O/c1-4-11-19-17-12-16(20-13-21-17)18(24)22-14-7-9-15(10-8-14)23(5-2)6-3/h7-10,12-13H,4-6,11H2,1-3H3,(H,22,24)(H,19,20,21). The molecule has 0 aliphatic rings. The highest BCUT2D eigenvalue weighted by atomic mass is 16.1. The minimum Gasteiger partial charge on any atom is -0.372 e. The van der Waals surface area contributed by atoms with Gasteiger partial charge < -0.3 is 15.5 Å². The quantitative estimate of drug-likeness (QED) is 0.777. The maximum absolute atomic E-state index is 12.3. The van der Waals surface area contributed by atoms with E-state index >= 15 is 0 Å². The lowest BCUT2D eigenvalue weighted by atomic mass is 10.2. The second kappa shape index (κ2) is 8.86. The van der Waals surface area contributed by atoms with Gasteiger partial charge in [-0.3, -0.25) is 4.79 Å². The third-order valence-electron chi connectivity index (χ3n) is 3.71. The van der Waals surface area contributed by atoms with Crippen molar-refractivity contribution in [1.29, 1.82) is 0 Å². The molecule has 6 heteroatoms. The Balaban J connectivity index is 2.04.